The molecule has 1 aromatic rings. The number of nitrogens with zero attached hydrogens (tertiary/aromatic N) is 2. The number of aromatic nitrogens is 2. The Morgan fingerprint density at radius 2 is 2.25 bits per heavy atom. The molecule has 0 aromatic carbocycles. The minimum atomic E-state index is -0.410. The molecule has 0 spiro atoms. The second-order valence-electron chi connectivity index (χ2n) is 4.32. The summed E-state index contributed by atoms with van der Waals surface area (Å²) in [4.78, 5) is 26.5. The minimum absolute atomic E-state index is 0.0100. The standard InChI is InChI=1S/C11H17N3O2/c1-4-11(2,3)13-9(15)8-14-7-5-6-12-10(14)16/h5-7H,4,8H2,1-3H3,(H,13,15). The normalized spacial score (nSPS) is 11.2. The average Bonchev–Trinajstić information content (AvgIpc) is 2.21. The number of nitrogens with one attached hydrogen (secondary N) is 1. The van der Waals surface area contributed by atoms with Gasteiger partial charge in [-0.25, -0.2) is 9.78 Å². The maximum Gasteiger partial charge on any atom is 0.347 e. The Hall–Kier alpha value is -1.65. The van der Waals surface area contributed by atoms with Crippen molar-refractivity contribution in [3.05, 3.63) is 28.9 Å². The fraction of sp³-hybridized carbons (Fsp3) is 0.545. The van der Waals surface area contributed by atoms with Gasteiger partial charge < -0.3 is 5.32 Å². The van der Waals surface area contributed by atoms with Crippen LogP contribution in [-0.4, -0.2) is 21.0 Å². The van der Waals surface area contributed by atoms with Crippen LogP contribution in [-0.2, 0) is 11.3 Å². The molecule has 1 aromatic heterocycles. The van der Waals surface area contributed by atoms with E-state index >= 15 is 0 Å². The van der Waals surface area contributed by atoms with Crippen molar-refractivity contribution in [1.82, 2.24) is 14.9 Å². The van der Waals surface area contributed by atoms with Gasteiger partial charge in [0.15, 0.2) is 0 Å². The van der Waals surface area contributed by atoms with E-state index in [2.05, 4.69) is 10.3 Å². The summed E-state index contributed by atoms with van der Waals surface area (Å²) < 4.78 is 1.28. The molecule has 1 heterocycles. The van der Waals surface area contributed by atoms with Gasteiger partial charge in [-0.1, -0.05) is 6.92 Å². The maximum absolute atomic E-state index is 11.6. The van der Waals surface area contributed by atoms with Gasteiger partial charge in [-0.3, -0.25) is 9.36 Å². The Morgan fingerprint density at radius 1 is 1.56 bits per heavy atom. The van der Waals surface area contributed by atoms with Gasteiger partial charge in [0.05, 0.1) is 0 Å². The zero-order chi connectivity index (χ0) is 12.2. The Labute approximate surface area is 94.5 Å². The molecule has 5 nitrogen and oxygen atoms in total. The summed E-state index contributed by atoms with van der Waals surface area (Å²) in [6, 6.07) is 1.62. The Bertz CT molecular complexity index is 423. The lowest BCUT2D eigenvalue weighted by Gasteiger charge is -2.24. The number of hydrogen-bond acceptors (Lipinski definition) is 3. The van der Waals surface area contributed by atoms with Crippen LogP contribution in [0.2, 0.25) is 0 Å². The molecule has 1 N–H and O–H groups in total. The van der Waals surface area contributed by atoms with Crippen molar-refractivity contribution in [2.45, 2.75) is 39.3 Å². The molecule has 5 heteroatoms. The summed E-state index contributed by atoms with van der Waals surface area (Å²) in [5, 5.41) is 2.86. The summed E-state index contributed by atoms with van der Waals surface area (Å²) in [5.41, 5.74) is -0.657. The van der Waals surface area contributed by atoms with Gasteiger partial charge in [-0.15, -0.1) is 0 Å². The third-order valence-corrected chi connectivity index (χ3v) is 2.46. The maximum atomic E-state index is 11.6. The Morgan fingerprint density at radius 3 is 2.81 bits per heavy atom. The van der Waals surface area contributed by atoms with E-state index in [1.807, 2.05) is 20.8 Å². The quantitative estimate of drug-likeness (QED) is 0.810. The zero-order valence-corrected chi connectivity index (χ0v) is 9.86. The van der Waals surface area contributed by atoms with Crippen LogP contribution in [0.15, 0.2) is 23.3 Å². The Balaban J connectivity index is 2.66. The van der Waals surface area contributed by atoms with Crippen LogP contribution in [0.5, 0.6) is 0 Å². The zero-order valence-electron chi connectivity index (χ0n) is 9.86. The molecule has 0 aliphatic carbocycles. The first-order chi connectivity index (χ1) is 7.44. The van der Waals surface area contributed by atoms with Crippen molar-refractivity contribution >= 4 is 5.91 Å². The van der Waals surface area contributed by atoms with E-state index in [1.54, 1.807) is 12.3 Å². The largest absolute Gasteiger partial charge is 0.350 e. The predicted molar refractivity (Wildman–Crippen MR) is 61.0 cm³/mol. The molecule has 0 aliphatic rings. The fourth-order valence-corrected chi connectivity index (χ4v) is 1.17. The number of amides is 1. The second-order valence-corrected chi connectivity index (χ2v) is 4.32. The number of hydrogen-bond donors (Lipinski definition) is 1. The van der Waals surface area contributed by atoms with Crippen LogP contribution in [0, 0.1) is 0 Å². The van der Waals surface area contributed by atoms with Gasteiger partial charge in [-0.05, 0) is 26.3 Å². The van der Waals surface area contributed by atoms with E-state index in [1.165, 1.54) is 10.8 Å². The molecule has 0 bridgehead atoms. The van der Waals surface area contributed by atoms with Crippen molar-refractivity contribution in [3.8, 4) is 0 Å². The molecule has 1 rings (SSSR count). The minimum Gasteiger partial charge on any atom is -0.350 e. The van der Waals surface area contributed by atoms with Crippen LogP contribution < -0.4 is 11.0 Å². The summed E-state index contributed by atoms with van der Waals surface area (Å²) in [7, 11) is 0. The van der Waals surface area contributed by atoms with E-state index < -0.39 is 5.69 Å². The molecule has 0 aliphatic heterocycles. The third kappa shape index (κ3) is 3.49. The second kappa shape index (κ2) is 4.92. The molecule has 1 amide bonds. The average molecular weight is 223 g/mol. The highest BCUT2D eigenvalue weighted by atomic mass is 16.2. The van der Waals surface area contributed by atoms with Crippen molar-refractivity contribution in [2.75, 3.05) is 0 Å². The van der Waals surface area contributed by atoms with Gasteiger partial charge in [-0.2, -0.15) is 0 Å². The van der Waals surface area contributed by atoms with Crippen molar-refractivity contribution < 1.29 is 4.79 Å². The van der Waals surface area contributed by atoms with E-state index in [0.29, 0.717) is 0 Å². The van der Waals surface area contributed by atoms with Crippen LogP contribution in [0.4, 0.5) is 0 Å². The third-order valence-electron chi connectivity index (χ3n) is 2.46. The summed E-state index contributed by atoms with van der Waals surface area (Å²) in [5.74, 6) is -0.179. The topological polar surface area (TPSA) is 64.0 Å². The summed E-state index contributed by atoms with van der Waals surface area (Å²) in [6.07, 6.45) is 3.79. The summed E-state index contributed by atoms with van der Waals surface area (Å²) >= 11 is 0. The SMILES string of the molecule is CCC(C)(C)NC(=O)Cn1cccnc1=O. The van der Waals surface area contributed by atoms with Gasteiger partial charge in [0.2, 0.25) is 5.91 Å². The highest BCUT2D eigenvalue weighted by Crippen LogP contribution is 2.06. The lowest BCUT2D eigenvalue weighted by Crippen LogP contribution is -2.45. The van der Waals surface area contributed by atoms with Gasteiger partial charge in [0.1, 0.15) is 6.54 Å². The molecule has 0 saturated heterocycles. The lowest BCUT2D eigenvalue weighted by atomic mass is 10.0. The number of carbonyl (C=O) groups excluding carboxylic acids is 1. The van der Waals surface area contributed by atoms with Crippen molar-refractivity contribution in [3.63, 3.8) is 0 Å². The molecule has 88 valence electrons. The van der Waals surface area contributed by atoms with Crippen LogP contribution in [0.3, 0.4) is 0 Å². The van der Waals surface area contributed by atoms with Crippen molar-refractivity contribution in [1.29, 1.82) is 0 Å². The molecule has 0 atom stereocenters. The first kappa shape index (κ1) is 12.4. The first-order valence-corrected chi connectivity index (χ1v) is 5.27. The van der Waals surface area contributed by atoms with Gasteiger partial charge >= 0.3 is 5.69 Å². The highest BCUT2D eigenvalue weighted by molar-refractivity contribution is 5.76. The lowest BCUT2D eigenvalue weighted by molar-refractivity contribution is -0.123. The molecule has 0 unspecified atom stereocenters. The fourth-order valence-electron chi connectivity index (χ4n) is 1.17. The van der Waals surface area contributed by atoms with Crippen LogP contribution in [0.1, 0.15) is 27.2 Å². The van der Waals surface area contributed by atoms with Crippen LogP contribution >= 0.6 is 0 Å². The van der Waals surface area contributed by atoms with E-state index in [9.17, 15) is 9.59 Å². The summed E-state index contributed by atoms with van der Waals surface area (Å²) in [6.45, 7) is 5.89. The molecular formula is C11H17N3O2. The molecular weight excluding hydrogens is 206 g/mol. The predicted octanol–water partition coefficient (Wildman–Crippen LogP) is 0.548. The van der Waals surface area contributed by atoms with Crippen LogP contribution in [0.25, 0.3) is 0 Å². The Kier molecular flexibility index (Phi) is 3.82. The van der Waals surface area contributed by atoms with E-state index in [0.717, 1.165) is 6.42 Å². The monoisotopic (exact) mass is 223 g/mol. The molecule has 16 heavy (non-hydrogen) atoms. The number of rotatable bonds is 4. The van der Waals surface area contributed by atoms with E-state index in [-0.39, 0.29) is 18.0 Å². The van der Waals surface area contributed by atoms with E-state index in [4.69, 9.17) is 0 Å². The molecule has 0 radical (unpaired) electrons. The van der Waals surface area contributed by atoms with Gasteiger partial charge in [0, 0.05) is 17.9 Å². The molecule has 0 fully saturated rings. The highest BCUT2D eigenvalue weighted by Gasteiger charge is 2.17. The van der Waals surface area contributed by atoms with Gasteiger partial charge in [0.25, 0.3) is 0 Å². The first-order valence-electron chi connectivity index (χ1n) is 5.27. The van der Waals surface area contributed by atoms with Crippen molar-refractivity contribution in [2.24, 2.45) is 0 Å². The molecule has 0 saturated carbocycles. The number of carbonyl (C=O) groups is 1. The smallest absolute Gasteiger partial charge is 0.347 e.